The third-order valence-electron chi connectivity index (χ3n) is 8.07. The minimum Gasteiger partial charge on any atom is -0.369 e. The summed E-state index contributed by atoms with van der Waals surface area (Å²) in [6.45, 7) is 7.44. The first-order chi connectivity index (χ1) is 19.5. The number of aryl methyl sites for hydroxylation is 3. The number of nitrogens with one attached hydrogen (secondary N) is 2. The summed E-state index contributed by atoms with van der Waals surface area (Å²) < 4.78 is 15.1. The number of aromatic nitrogens is 3. The number of H-pyrrole nitrogens is 1. The zero-order chi connectivity index (χ0) is 27.6. The highest BCUT2D eigenvalue weighted by molar-refractivity contribution is 6.00. The molecule has 9 heteroatoms. The number of hydrogen-bond acceptors (Lipinski definition) is 6. The molecule has 0 spiro atoms. The molecule has 0 saturated carbocycles. The highest BCUT2D eigenvalue weighted by atomic mass is 19.1. The van der Waals surface area contributed by atoms with E-state index >= 15 is 4.39 Å². The van der Waals surface area contributed by atoms with Gasteiger partial charge < -0.3 is 25.0 Å². The van der Waals surface area contributed by atoms with Crippen LogP contribution in [0.5, 0.6) is 0 Å². The van der Waals surface area contributed by atoms with Gasteiger partial charge in [0, 0.05) is 67.2 Å². The number of likely N-dealkylation sites (N-methyl/N-ethyl adjacent to an activating group) is 1. The Kier molecular flexibility index (Phi) is 7.38. The maximum atomic E-state index is 15.1. The van der Waals surface area contributed by atoms with E-state index in [2.05, 4.69) is 49.2 Å². The van der Waals surface area contributed by atoms with Crippen LogP contribution in [-0.4, -0.2) is 77.0 Å². The standard InChI is InChI=1S/C31H36FN7O/c1-21-18-25-26(35-21)11-10-22(29(25)32)6-3-9-27-28(31(40)39-12-5-13-39)30(34-20-33-27)36-23-7-4-8-24(19-23)38-16-14-37(2)15-17-38/h4,7-8,10-11,18-20,35H,3,5-6,9,12-17H2,1-2H3,(H,33,34,36). The fraction of sp³-hybridized carbons (Fsp3) is 0.387. The molecular weight excluding hydrogens is 505 g/mol. The summed E-state index contributed by atoms with van der Waals surface area (Å²) in [7, 11) is 2.15. The molecule has 0 atom stereocenters. The van der Waals surface area contributed by atoms with Crippen LogP contribution in [0.25, 0.3) is 10.9 Å². The third kappa shape index (κ3) is 5.38. The molecule has 4 heterocycles. The zero-order valence-electron chi connectivity index (χ0n) is 23.2. The predicted octanol–water partition coefficient (Wildman–Crippen LogP) is 4.92. The molecule has 6 rings (SSSR count). The SMILES string of the molecule is Cc1cc2c(F)c(CCCc3ncnc(Nc4cccc(N5CCN(C)CC5)c4)c3C(=O)N3CCC3)ccc2[nH]1. The number of anilines is 3. The van der Waals surface area contributed by atoms with E-state index in [1.165, 1.54) is 6.33 Å². The highest BCUT2D eigenvalue weighted by Crippen LogP contribution is 2.28. The van der Waals surface area contributed by atoms with E-state index in [4.69, 9.17) is 0 Å². The molecule has 2 N–H and O–H groups in total. The molecule has 2 aliphatic rings. The molecule has 208 valence electrons. The van der Waals surface area contributed by atoms with E-state index in [0.29, 0.717) is 47.3 Å². The number of carbonyl (C=O) groups excluding carboxylic acids is 1. The lowest BCUT2D eigenvalue weighted by molar-refractivity contribution is 0.0650. The Morgan fingerprint density at radius 2 is 1.85 bits per heavy atom. The smallest absolute Gasteiger partial charge is 0.259 e. The largest absolute Gasteiger partial charge is 0.369 e. The number of fused-ring (bicyclic) bond motifs is 1. The highest BCUT2D eigenvalue weighted by Gasteiger charge is 2.28. The lowest BCUT2D eigenvalue weighted by atomic mass is 10.0. The Morgan fingerprint density at radius 1 is 1.02 bits per heavy atom. The number of halogens is 1. The molecule has 2 aromatic carbocycles. The number of likely N-dealkylation sites (tertiary alicyclic amines) is 1. The summed E-state index contributed by atoms with van der Waals surface area (Å²) in [4.78, 5) is 32.4. The summed E-state index contributed by atoms with van der Waals surface area (Å²) in [5, 5.41) is 4.05. The molecule has 2 aliphatic heterocycles. The number of amides is 1. The van der Waals surface area contributed by atoms with Crippen LogP contribution in [0.2, 0.25) is 0 Å². The molecule has 4 aromatic rings. The van der Waals surface area contributed by atoms with E-state index in [1.807, 2.05) is 42.2 Å². The Bertz CT molecular complexity index is 1520. The Morgan fingerprint density at radius 3 is 2.62 bits per heavy atom. The van der Waals surface area contributed by atoms with Crippen molar-refractivity contribution in [2.45, 2.75) is 32.6 Å². The monoisotopic (exact) mass is 541 g/mol. The zero-order valence-corrected chi connectivity index (χ0v) is 23.2. The maximum absolute atomic E-state index is 15.1. The molecule has 8 nitrogen and oxygen atoms in total. The first-order valence-corrected chi connectivity index (χ1v) is 14.2. The van der Waals surface area contributed by atoms with Gasteiger partial charge in [0.25, 0.3) is 5.91 Å². The quantitative estimate of drug-likeness (QED) is 0.330. The van der Waals surface area contributed by atoms with Crippen LogP contribution in [0.15, 0.2) is 48.8 Å². The normalized spacial score (nSPS) is 15.9. The van der Waals surface area contributed by atoms with Crippen molar-refractivity contribution in [3.63, 3.8) is 0 Å². The van der Waals surface area contributed by atoms with Gasteiger partial charge in [-0.25, -0.2) is 14.4 Å². The molecule has 2 fully saturated rings. The number of benzene rings is 2. The minimum absolute atomic E-state index is 0.0463. The first kappa shape index (κ1) is 26.3. The molecule has 40 heavy (non-hydrogen) atoms. The molecular formula is C31H36FN7O. The number of nitrogens with zero attached hydrogens (tertiary/aromatic N) is 5. The van der Waals surface area contributed by atoms with Crippen LogP contribution in [0, 0.1) is 12.7 Å². The van der Waals surface area contributed by atoms with Crippen molar-refractivity contribution in [3.8, 4) is 0 Å². The lowest BCUT2D eigenvalue weighted by Crippen LogP contribution is -2.44. The first-order valence-electron chi connectivity index (χ1n) is 14.2. The van der Waals surface area contributed by atoms with Crippen molar-refractivity contribution in [1.29, 1.82) is 0 Å². The average molecular weight is 542 g/mol. The average Bonchev–Trinajstić information content (AvgIpc) is 3.31. The van der Waals surface area contributed by atoms with E-state index < -0.39 is 0 Å². The topological polar surface area (TPSA) is 80.4 Å². The minimum atomic E-state index is -0.177. The van der Waals surface area contributed by atoms with Crippen LogP contribution in [0.4, 0.5) is 21.6 Å². The fourth-order valence-corrected chi connectivity index (χ4v) is 5.58. The third-order valence-corrected chi connectivity index (χ3v) is 8.07. The van der Waals surface area contributed by atoms with Crippen LogP contribution in [-0.2, 0) is 12.8 Å². The van der Waals surface area contributed by atoms with Crippen LogP contribution in [0.3, 0.4) is 0 Å². The van der Waals surface area contributed by atoms with Crippen LogP contribution in [0.1, 0.15) is 40.2 Å². The Hall–Kier alpha value is -3.98. The fourth-order valence-electron chi connectivity index (χ4n) is 5.58. The van der Waals surface area contributed by atoms with Gasteiger partial charge in [-0.3, -0.25) is 4.79 Å². The second-order valence-electron chi connectivity index (χ2n) is 11.0. The molecule has 0 unspecified atom stereocenters. The summed E-state index contributed by atoms with van der Waals surface area (Å²) in [5.41, 5.74) is 5.68. The van der Waals surface area contributed by atoms with Crippen molar-refractivity contribution in [2.75, 3.05) is 56.5 Å². The van der Waals surface area contributed by atoms with Crippen molar-refractivity contribution >= 4 is 34.0 Å². The van der Waals surface area contributed by atoms with Crippen molar-refractivity contribution in [2.24, 2.45) is 0 Å². The van der Waals surface area contributed by atoms with Crippen LogP contribution < -0.4 is 10.2 Å². The van der Waals surface area contributed by atoms with E-state index in [9.17, 15) is 4.79 Å². The van der Waals surface area contributed by atoms with E-state index in [1.54, 1.807) is 0 Å². The van der Waals surface area contributed by atoms with E-state index in [0.717, 1.165) is 68.3 Å². The van der Waals surface area contributed by atoms with Crippen molar-refractivity contribution in [3.05, 3.63) is 77.1 Å². The molecule has 0 radical (unpaired) electrons. The number of aromatic amines is 1. The van der Waals surface area contributed by atoms with Gasteiger partial charge in [0.15, 0.2) is 0 Å². The molecule has 0 bridgehead atoms. The molecule has 2 saturated heterocycles. The van der Waals surface area contributed by atoms with E-state index in [-0.39, 0.29) is 11.7 Å². The van der Waals surface area contributed by atoms with Crippen LogP contribution >= 0.6 is 0 Å². The second-order valence-corrected chi connectivity index (χ2v) is 11.0. The van der Waals surface area contributed by atoms with Crippen molar-refractivity contribution in [1.82, 2.24) is 24.8 Å². The van der Waals surface area contributed by atoms with Gasteiger partial charge >= 0.3 is 0 Å². The Labute approximate surface area is 234 Å². The van der Waals surface area contributed by atoms with Gasteiger partial charge in [0.05, 0.1) is 5.69 Å². The lowest BCUT2D eigenvalue weighted by Gasteiger charge is -2.34. The van der Waals surface area contributed by atoms with Gasteiger partial charge in [-0.1, -0.05) is 12.1 Å². The molecule has 2 aromatic heterocycles. The second kappa shape index (κ2) is 11.3. The summed E-state index contributed by atoms with van der Waals surface area (Å²) in [6.07, 6.45) is 4.30. The van der Waals surface area contributed by atoms with Gasteiger partial charge in [-0.15, -0.1) is 0 Å². The van der Waals surface area contributed by atoms with Gasteiger partial charge in [0.2, 0.25) is 0 Å². The number of piperazine rings is 1. The van der Waals surface area contributed by atoms with Gasteiger partial charge in [-0.2, -0.15) is 0 Å². The summed E-state index contributed by atoms with van der Waals surface area (Å²) in [6, 6.07) is 13.9. The summed E-state index contributed by atoms with van der Waals surface area (Å²) in [5.74, 6) is 0.298. The number of rotatable bonds is 8. The summed E-state index contributed by atoms with van der Waals surface area (Å²) >= 11 is 0. The van der Waals surface area contributed by atoms with Crippen molar-refractivity contribution < 1.29 is 9.18 Å². The predicted molar refractivity (Wildman–Crippen MR) is 157 cm³/mol. The van der Waals surface area contributed by atoms with Gasteiger partial charge in [-0.05, 0) is 75.5 Å². The Balaban J connectivity index is 1.22. The molecule has 0 aliphatic carbocycles. The molecule has 1 amide bonds. The van der Waals surface area contributed by atoms with Gasteiger partial charge in [0.1, 0.15) is 23.5 Å². The maximum Gasteiger partial charge on any atom is 0.259 e. The number of carbonyl (C=O) groups is 1. The number of hydrogen-bond donors (Lipinski definition) is 2.